The molecular weight excluding hydrogens is 236 g/mol. The summed E-state index contributed by atoms with van der Waals surface area (Å²) < 4.78 is 0. The Balaban J connectivity index is 1.59. The van der Waals surface area contributed by atoms with Crippen LogP contribution < -0.4 is 16.4 Å². The van der Waals surface area contributed by atoms with E-state index in [0.717, 1.165) is 12.8 Å². The van der Waals surface area contributed by atoms with Crippen LogP contribution in [0.15, 0.2) is 0 Å². The minimum atomic E-state index is -0.373. The summed E-state index contributed by atoms with van der Waals surface area (Å²) in [6, 6.07) is 0.379. The van der Waals surface area contributed by atoms with Crippen LogP contribution in [0.2, 0.25) is 0 Å². The van der Waals surface area contributed by atoms with E-state index < -0.39 is 0 Å². The Morgan fingerprint density at radius 1 is 1.44 bits per heavy atom. The summed E-state index contributed by atoms with van der Waals surface area (Å²) in [5.74, 6) is -0.226. The van der Waals surface area contributed by atoms with Crippen molar-refractivity contribution in [3.63, 3.8) is 0 Å². The number of aromatic amines is 1. The van der Waals surface area contributed by atoms with Crippen LogP contribution in [-0.2, 0) is 4.79 Å². The molecule has 1 aliphatic carbocycles. The Bertz CT molecular complexity index is 439. The Kier molecular flexibility index (Phi) is 3.75. The molecule has 1 aromatic rings. The van der Waals surface area contributed by atoms with E-state index in [0.29, 0.717) is 25.4 Å². The second-order valence-electron chi connectivity index (χ2n) is 4.24. The average Bonchev–Trinajstić information content (AvgIpc) is 3.03. The molecule has 1 aliphatic rings. The summed E-state index contributed by atoms with van der Waals surface area (Å²) in [7, 11) is 0. The maximum atomic E-state index is 11.5. The van der Waals surface area contributed by atoms with Crippen LogP contribution in [0.25, 0.3) is 0 Å². The molecule has 1 saturated carbocycles. The van der Waals surface area contributed by atoms with Crippen LogP contribution in [0, 0.1) is 0 Å². The largest absolute Gasteiger partial charge is 0.366 e. The molecule has 2 rings (SSSR count). The molecule has 1 aromatic heterocycles. The standard InChI is InChI=1S/C10H16N6O2/c11-10-14-8(15-16-10)9(18)12-5-1-2-7(17)13-6-3-4-6/h6H,1-5H2,(H,12,18)(H,13,17)(H3,11,14,15,16). The van der Waals surface area contributed by atoms with Gasteiger partial charge in [-0.15, -0.1) is 5.10 Å². The van der Waals surface area contributed by atoms with Crippen molar-refractivity contribution < 1.29 is 9.59 Å². The highest BCUT2D eigenvalue weighted by Gasteiger charge is 2.22. The van der Waals surface area contributed by atoms with E-state index >= 15 is 0 Å². The lowest BCUT2D eigenvalue weighted by atomic mass is 10.3. The van der Waals surface area contributed by atoms with Gasteiger partial charge in [-0.25, -0.2) is 0 Å². The number of nitrogen functional groups attached to an aromatic ring is 1. The molecule has 0 atom stereocenters. The number of amides is 2. The van der Waals surface area contributed by atoms with E-state index in [2.05, 4.69) is 25.8 Å². The van der Waals surface area contributed by atoms with Crippen LogP contribution >= 0.6 is 0 Å². The smallest absolute Gasteiger partial charge is 0.288 e. The van der Waals surface area contributed by atoms with E-state index in [-0.39, 0.29) is 23.6 Å². The van der Waals surface area contributed by atoms with Crippen molar-refractivity contribution in [1.82, 2.24) is 25.8 Å². The van der Waals surface area contributed by atoms with Gasteiger partial charge in [0.25, 0.3) is 5.91 Å². The number of nitrogens with one attached hydrogen (secondary N) is 3. The Morgan fingerprint density at radius 2 is 2.22 bits per heavy atom. The van der Waals surface area contributed by atoms with Crippen molar-refractivity contribution in [1.29, 1.82) is 0 Å². The summed E-state index contributed by atoms with van der Waals surface area (Å²) in [5, 5.41) is 11.5. The number of carbonyl (C=O) groups is 2. The number of anilines is 1. The summed E-state index contributed by atoms with van der Waals surface area (Å²) >= 11 is 0. The number of hydrogen-bond donors (Lipinski definition) is 4. The fourth-order valence-corrected chi connectivity index (χ4v) is 1.44. The fraction of sp³-hybridized carbons (Fsp3) is 0.600. The molecule has 8 heteroatoms. The molecule has 1 heterocycles. The molecule has 98 valence electrons. The first-order chi connectivity index (χ1) is 8.65. The zero-order valence-electron chi connectivity index (χ0n) is 9.90. The molecule has 0 unspecified atom stereocenters. The van der Waals surface area contributed by atoms with Gasteiger partial charge in [-0.1, -0.05) is 0 Å². The van der Waals surface area contributed by atoms with Crippen LogP contribution in [0.1, 0.15) is 36.3 Å². The quantitative estimate of drug-likeness (QED) is 0.492. The van der Waals surface area contributed by atoms with E-state index in [1.54, 1.807) is 0 Å². The fourth-order valence-electron chi connectivity index (χ4n) is 1.44. The highest BCUT2D eigenvalue weighted by Crippen LogP contribution is 2.18. The molecule has 0 bridgehead atoms. The molecule has 0 aromatic carbocycles. The number of aromatic nitrogens is 3. The lowest BCUT2D eigenvalue weighted by Crippen LogP contribution is -2.29. The van der Waals surface area contributed by atoms with Crippen LogP contribution in [0.3, 0.4) is 0 Å². The first-order valence-corrected chi connectivity index (χ1v) is 5.90. The second kappa shape index (κ2) is 5.48. The van der Waals surface area contributed by atoms with Gasteiger partial charge in [0, 0.05) is 19.0 Å². The molecule has 0 spiro atoms. The van der Waals surface area contributed by atoms with Gasteiger partial charge in [0.15, 0.2) is 0 Å². The third-order valence-corrected chi connectivity index (χ3v) is 2.53. The molecule has 2 amide bonds. The first kappa shape index (κ1) is 12.3. The van der Waals surface area contributed by atoms with Crippen LogP contribution in [0.5, 0.6) is 0 Å². The number of carbonyl (C=O) groups excluding carboxylic acids is 2. The topological polar surface area (TPSA) is 126 Å². The molecule has 0 aliphatic heterocycles. The van der Waals surface area contributed by atoms with Gasteiger partial charge in [0.1, 0.15) is 0 Å². The van der Waals surface area contributed by atoms with Crippen molar-refractivity contribution >= 4 is 17.8 Å². The maximum absolute atomic E-state index is 11.5. The number of hydrogen-bond acceptors (Lipinski definition) is 5. The predicted octanol–water partition coefficient (Wildman–Crippen LogP) is -0.825. The van der Waals surface area contributed by atoms with Crippen molar-refractivity contribution in [3.05, 3.63) is 5.82 Å². The molecule has 0 radical (unpaired) electrons. The molecule has 8 nitrogen and oxygen atoms in total. The lowest BCUT2D eigenvalue weighted by molar-refractivity contribution is -0.121. The number of nitrogens with two attached hydrogens (primary N) is 1. The van der Waals surface area contributed by atoms with E-state index in [4.69, 9.17) is 5.73 Å². The molecule has 5 N–H and O–H groups in total. The predicted molar refractivity (Wildman–Crippen MR) is 63.5 cm³/mol. The van der Waals surface area contributed by atoms with Gasteiger partial charge >= 0.3 is 0 Å². The number of rotatable bonds is 6. The van der Waals surface area contributed by atoms with Crippen molar-refractivity contribution in [2.75, 3.05) is 12.3 Å². The van der Waals surface area contributed by atoms with Gasteiger partial charge in [-0.3, -0.25) is 14.7 Å². The van der Waals surface area contributed by atoms with Crippen molar-refractivity contribution in [2.45, 2.75) is 31.7 Å². The number of H-pyrrole nitrogens is 1. The Morgan fingerprint density at radius 3 is 2.83 bits per heavy atom. The van der Waals surface area contributed by atoms with Crippen molar-refractivity contribution in [3.8, 4) is 0 Å². The SMILES string of the molecule is Nc1n[nH]c(C(=O)NCCCC(=O)NC2CC2)n1. The van der Waals surface area contributed by atoms with Crippen LogP contribution in [0.4, 0.5) is 5.95 Å². The molecule has 18 heavy (non-hydrogen) atoms. The monoisotopic (exact) mass is 252 g/mol. The van der Waals surface area contributed by atoms with Gasteiger partial charge in [-0.05, 0) is 19.3 Å². The van der Waals surface area contributed by atoms with Crippen LogP contribution in [-0.4, -0.2) is 39.6 Å². The van der Waals surface area contributed by atoms with Gasteiger partial charge < -0.3 is 16.4 Å². The highest BCUT2D eigenvalue weighted by atomic mass is 16.2. The first-order valence-electron chi connectivity index (χ1n) is 5.90. The Hall–Kier alpha value is -2.12. The van der Waals surface area contributed by atoms with E-state index in [1.165, 1.54) is 0 Å². The van der Waals surface area contributed by atoms with Gasteiger partial charge in [0.2, 0.25) is 17.7 Å². The lowest BCUT2D eigenvalue weighted by Gasteiger charge is -2.04. The second-order valence-corrected chi connectivity index (χ2v) is 4.24. The summed E-state index contributed by atoms with van der Waals surface area (Å²) in [6.07, 6.45) is 3.16. The van der Waals surface area contributed by atoms with E-state index in [1.807, 2.05) is 0 Å². The third kappa shape index (κ3) is 3.72. The molecular formula is C10H16N6O2. The van der Waals surface area contributed by atoms with Gasteiger partial charge in [-0.2, -0.15) is 4.98 Å². The molecule has 0 saturated heterocycles. The third-order valence-electron chi connectivity index (χ3n) is 2.53. The molecule has 1 fully saturated rings. The normalized spacial score (nSPS) is 14.2. The van der Waals surface area contributed by atoms with Gasteiger partial charge in [0.05, 0.1) is 0 Å². The highest BCUT2D eigenvalue weighted by molar-refractivity contribution is 5.90. The van der Waals surface area contributed by atoms with Crippen molar-refractivity contribution in [2.24, 2.45) is 0 Å². The zero-order chi connectivity index (χ0) is 13.0. The summed E-state index contributed by atoms with van der Waals surface area (Å²) in [6.45, 7) is 0.414. The summed E-state index contributed by atoms with van der Waals surface area (Å²) in [5.41, 5.74) is 5.28. The minimum absolute atomic E-state index is 0.0314. The average molecular weight is 252 g/mol. The maximum Gasteiger partial charge on any atom is 0.288 e. The van der Waals surface area contributed by atoms with E-state index in [9.17, 15) is 9.59 Å². The Labute approximate surface area is 104 Å². The zero-order valence-corrected chi connectivity index (χ0v) is 9.90. The number of nitrogens with zero attached hydrogens (tertiary/aromatic N) is 2. The summed E-state index contributed by atoms with van der Waals surface area (Å²) in [4.78, 5) is 26.5. The minimum Gasteiger partial charge on any atom is -0.366 e.